The highest BCUT2D eigenvalue weighted by Gasteiger charge is 2.21. The third kappa shape index (κ3) is 3.81. The molecule has 0 radical (unpaired) electrons. The predicted octanol–water partition coefficient (Wildman–Crippen LogP) is 3.19. The number of ketones is 2. The van der Waals surface area contributed by atoms with Crippen LogP contribution >= 0.6 is 0 Å². The van der Waals surface area contributed by atoms with Gasteiger partial charge in [-0.05, 0) is 38.1 Å². The molecule has 0 saturated heterocycles. The molecular formula is C17H18N2O2. The molecule has 1 atom stereocenters. The van der Waals surface area contributed by atoms with E-state index in [9.17, 15) is 9.59 Å². The molecule has 21 heavy (non-hydrogen) atoms. The topological polar surface area (TPSA) is 59.9 Å². The van der Waals surface area contributed by atoms with Gasteiger partial charge in [-0.1, -0.05) is 19.1 Å². The summed E-state index contributed by atoms with van der Waals surface area (Å²) in [6.07, 6.45) is 0.144. The van der Waals surface area contributed by atoms with Crippen LogP contribution < -0.4 is 0 Å². The van der Waals surface area contributed by atoms with Crippen LogP contribution in [0.5, 0.6) is 0 Å². The summed E-state index contributed by atoms with van der Waals surface area (Å²) in [7, 11) is 0. The summed E-state index contributed by atoms with van der Waals surface area (Å²) in [5.74, 6) is -0.638. The minimum Gasteiger partial charge on any atom is -0.292 e. The van der Waals surface area contributed by atoms with Gasteiger partial charge in [-0.3, -0.25) is 19.6 Å². The lowest BCUT2D eigenvalue weighted by atomic mass is 9.96. The first-order valence-corrected chi connectivity index (χ1v) is 6.92. The largest absolute Gasteiger partial charge is 0.292 e. The van der Waals surface area contributed by atoms with Gasteiger partial charge >= 0.3 is 0 Å². The fourth-order valence-electron chi connectivity index (χ4n) is 2.11. The van der Waals surface area contributed by atoms with E-state index in [0.717, 1.165) is 11.4 Å². The molecule has 0 aliphatic rings. The van der Waals surface area contributed by atoms with Gasteiger partial charge in [-0.2, -0.15) is 0 Å². The van der Waals surface area contributed by atoms with Gasteiger partial charge in [-0.15, -0.1) is 0 Å². The third-order valence-corrected chi connectivity index (χ3v) is 3.25. The van der Waals surface area contributed by atoms with Crippen LogP contribution in [0, 0.1) is 19.8 Å². The van der Waals surface area contributed by atoms with Crippen LogP contribution in [0.2, 0.25) is 0 Å². The van der Waals surface area contributed by atoms with Gasteiger partial charge in [0.05, 0.1) is 0 Å². The summed E-state index contributed by atoms with van der Waals surface area (Å²) in [6.45, 7) is 5.42. The average molecular weight is 282 g/mol. The summed E-state index contributed by atoms with van der Waals surface area (Å²) in [5, 5.41) is 0. The van der Waals surface area contributed by atoms with Crippen molar-refractivity contribution in [1.29, 1.82) is 0 Å². The molecular weight excluding hydrogens is 264 g/mol. The molecule has 0 spiro atoms. The SMILES string of the molecule is Cc1cccc(C(=O)CC(C)C(=O)c2cccc(C)n2)n1. The molecule has 0 fully saturated rings. The van der Waals surface area contributed by atoms with Crippen molar-refractivity contribution in [2.75, 3.05) is 0 Å². The highest BCUT2D eigenvalue weighted by molar-refractivity contribution is 6.01. The number of hydrogen-bond acceptors (Lipinski definition) is 4. The maximum atomic E-state index is 12.3. The molecule has 2 rings (SSSR count). The Morgan fingerprint density at radius 3 is 2.05 bits per heavy atom. The summed E-state index contributed by atoms with van der Waals surface area (Å²) in [5.41, 5.74) is 2.40. The number of Topliss-reactive ketones (excluding diaryl/α,β-unsaturated/α-hetero) is 2. The minimum absolute atomic E-state index is 0.111. The van der Waals surface area contributed by atoms with E-state index in [1.165, 1.54) is 0 Å². The molecule has 0 amide bonds. The van der Waals surface area contributed by atoms with Gasteiger partial charge in [0, 0.05) is 23.7 Å². The number of aryl methyl sites for hydroxylation is 2. The van der Waals surface area contributed by atoms with Gasteiger partial charge < -0.3 is 0 Å². The molecule has 0 bridgehead atoms. The van der Waals surface area contributed by atoms with Crippen LogP contribution in [0.4, 0.5) is 0 Å². The molecule has 0 aliphatic heterocycles. The normalized spacial score (nSPS) is 12.0. The number of rotatable bonds is 5. The van der Waals surface area contributed by atoms with Crippen LogP contribution in [0.15, 0.2) is 36.4 Å². The molecule has 2 aromatic heterocycles. The van der Waals surface area contributed by atoms with Crippen molar-refractivity contribution >= 4 is 11.6 Å². The Kier molecular flexibility index (Phi) is 4.58. The van der Waals surface area contributed by atoms with Gasteiger partial charge in [0.2, 0.25) is 0 Å². The van der Waals surface area contributed by atoms with Crippen molar-refractivity contribution in [3.8, 4) is 0 Å². The van der Waals surface area contributed by atoms with E-state index in [-0.39, 0.29) is 18.0 Å². The molecule has 1 unspecified atom stereocenters. The second-order valence-corrected chi connectivity index (χ2v) is 5.22. The molecule has 2 heterocycles. The molecule has 0 aliphatic carbocycles. The van der Waals surface area contributed by atoms with Gasteiger partial charge in [0.25, 0.3) is 0 Å². The Bertz CT molecular complexity index is 680. The van der Waals surface area contributed by atoms with Crippen LogP contribution in [0.25, 0.3) is 0 Å². The molecule has 2 aromatic rings. The molecule has 0 aromatic carbocycles. The van der Waals surface area contributed by atoms with E-state index in [2.05, 4.69) is 9.97 Å². The zero-order valence-electron chi connectivity index (χ0n) is 12.5. The zero-order chi connectivity index (χ0) is 15.4. The predicted molar refractivity (Wildman–Crippen MR) is 80.4 cm³/mol. The van der Waals surface area contributed by atoms with E-state index in [0.29, 0.717) is 11.4 Å². The van der Waals surface area contributed by atoms with Crippen molar-refractivity contribution < 1.29 is 9.59 Å². The highest BCUT2D eigenvalue weighted by Crippen LogP contribution is 2.14. The van der Waals surface area contributed by atoms with E-state index in [1.807, 2.05) is 26.0 Å². The Morgan fingerprint density at radius 2 is 1.48 bits per heavy atom. The van der Waals surface area contributed by atoms with Crippen molar-refractivity contribution in [2.45, 2.75) is 27.2 Å². The first-order valence-electron chi connectivity index (χ1n) is 6.92. The number of aromatic nitrogens is 2. The highest BCUT2D eigenvalue weighted by atomic mass is 16.1. The lowest BCUT2D eigenvalue weighted by Gasteiger charge is -2.09. The molecule has 108 valence electrons. The standard InChI is InChI=1S/C17H18N2O2/c1-11(17(21)15-9-5-7-13(3)19-15)10-16(20)14-8-4-6-12(2)18-14/h4-9,11H,10H2,1-3H3. The molecule has 4 nitrogen and oxygen atoms in total. The maximum absolute atomic E-state index is 12.3. The average Bonchev–Trinajstić information content (AvgIpc) is 2.46. The number of nitrogens with zero attached hydrogens (tertiary/aromatic N) is 2. The summed E-state index contributed by atoms with van der Waals surface area (Å²) >= 11 is 0. The van der Waals surface area contributed by atoms with Crippen LogP contribution in [-0.2, 0) is 0 Å². The van der Waals surface area contributed by atoms with E-state index in [4.69, 9.17) is 0 Å². The van der Waals surface area contributed by atoms with Crippen molar-refractivity contribution in [1.82, 2.24) is 9.97 Å². The number of hydrogen-bond donors (Lipinski definition) is 0. The number of pyridine rings is 2. The van der Waals surface area contributed by atoms with Crippen molar-refractivity contribution in [3.05, 3.63) is 59.2 Å². The van der Waals surface area contributed by atoms with E-state index in [1.54, 1.807) is 31.2 Å². The Hall–Kier alpha value is -2.36. The van der Waals surface area contributed by atoms with Crippen LogP contribution in [-0.4, -0.2) is 21.5 Å². The van der Waals surface area contributed by atoms with E-state index < -0.39 is 5.92 Å². The second kappa shape index (κ2) is 6.39. The van der Waals surface area contributed by atoms with Crippen molar-refractivity contribution in [2.24, 2.45) is 5.92 Å². The fraction of sp³-hybridized carbons (Fsp3) is 0.294. The van der Waals surface area contributed by atoms with Gasteiger partial charge in [-0.25, -0.2) is 0 Å². The lowest BCUT2D eigenvalue weighted by Crippen LogP contribution is -2.18. The monoisotopic (exact) mass is 282 g/mol. The molecule has 4 heteroatoms. The van der Waals surface area contributed by atoms with E-state index >= 15 is 0 Å². The summed E-state index contributed by atoms with van der Waals surface area (Å²) < 4.78 is 0. The quantitative estimate of drug-likeness (QED) is 0.790. The smallest absolute Gasteiger partial charge is 0.184 e. The van der Waals surface area contributed by atoms with Gasteiger partial charge in [0.15, 0.2) is 11.6 Å². The molecule has 0 N–H and O–H groups in total. The Morgan fingerprint density at radius 1 is 0.952 bits per heavy atom. The van der Waals surface area contributed by atoms with Crippen LogP contribution in [0.3, 0.4) is 0 Å². The molecule has 0 saturated carbocycles. The lowest BCUT2D eigenvalue weighted by molar-refractivity contribution is 0.0857. The zero-order valence-corrected chi connectivity index (χ0v) is 12.5. The van der Waals surface area contributed by atoms with Crippen molar-refractivity contribution in [3.63, 3.8) is 0 Å². The summed E-state index contributed by atoms with van der Waals surface area (Å²) in [4.78, 5) is 32.9. The first-order chi connectivity index (χ1) is 9.97. The third-order valence-electron chi connectivity index (χ3n) is 3.25. The van der Waals surface area contributed by atoms with Gasteiger partial charge in [0.1, 0.15) is 11.4 Å². The second-order valence-electron chi connectivity index (χ2n) is 5.22. The Labute approximate surface area is 124 Å². The maximum Gasteiger partial charge on any atom is 0.184 e. The van der Waals surface area contributed by atoms with Crippen LogP contribution in [0.1, 0.15) is 45.7 Å². The number of carbonyl (C=O) groups is 2. The summed E-state index contributed by atoms with van der Waals surface area (Å²) in [6, 6.07) is 10.6. The first kappa shape index (κ1) is 15.0. The fourth-order valence-corrected chi connectivity index (χ4v) is 2.11. The Balaban J connectivity index is 2.09. The minimum atomic E-state index is -0.408. The number of carbonyl (C=O) groups excluding carboxylic acids is 2.